The molecule has 0 saturated carbocycles. The second-order valence-electron chi connectivity index (χ2n) is 4.12. The molecular weight excluding hydrogens is 277 g/mol. The standard InChI is InChI=1S/C13H12ClF3N2/c1-19-7-3-4-9(19)8-18-12-10(13(15,16)17)5-2-6-11(12)14/h2-7,18H,8H2,1H3. The molecule has 2 nitrogen and oxygen atoms in total. The number of hydrogen-bond donors (Lipinski definition) is 1. The molecule has 0 aliphatic heterocycles. The molecule has 0 bridgehead atoms. The SMILES string of the molecule is Cn1cccc1CNc1c(Cl)cccc1C(F)(F)F. The minimum Gasteiger partial charge on any atom is -0.378 e. The van der Waals surface area contributed by atoms with Gasteiger partial charge in [-0.2, -0.15) is 13.2 Å². The maximum atomic E-state index is 12.9. The van der Waals surface area contributed by atoms with Crippen LogP contribution in [-0.2, 0) is 19.8 Å². The van der Waals surface area contributed by atoms with Gasteiger partial charge in [0, 0.05) is 18.9 Å². The zero-order chi connectivity index (χ0) is 14.0. The topological polar surface area (TPSA) is 17.0 Å². The molecule has 0 radical (unpaired) electrons. The third kappa shape index (κ3) is 3.04. The van der Waals surface area contributed by atoms with Crippen molar-refractivity contribution in [1.82, 2.24) is 4.57 Å². The second kappa shape index (κ2) is 5.17. The molecule has 2 aromatic rings. The van der Waals surface area contributed by atoms with Crippen molar-refractivity contribution in [3.63, 3.8) is 0 Å². The summed E-state index contributed by atoms with van der Waals surface area (Å²) < 4.78 is 40.4. The van der Waals surface area contributed by atoms with Gasteiger partial charge in [-0.15, -0.1) is 0 Å². The first-order valence-corrected chi connectivity index (χ1v) is 5.97. The first-order chi connectivity index (χ1) is 8.89. The van der Waals surface area contributed by atoms with Crippen molar-refractivity contribution in [2.75, 3.05) is 5.32 Å². The number of aryl methyl sites for hydroxylation is 1. The number of nitrogens with one attached hydrogen (secondary N) is 1. The van der Waals surface area contributed by atoms with Gasteiger partial charge < -0.3 is 9.88 Å². The number of anilines is 1. The summed E-state index contributed by atoms with van der Waals surface area (Å²) in [5.74, 6) is 0. The van der Waals surface area contributed by atoms with E-state index in [0.29, 0.717) is 0 Å². The molecule has 0 fully saturated rings. The normalized spacial score (nSPS) is 11.6. The fourth-order valence-electron chi connectivity index (χ4n) is 1.80. The lowest BCUT2D eigenvalue weighted by molar-refractivity contribution is -0.136. The molecule has 0 spiro atoms. The van der Waals surface area contributed by atoms with Gasteiger partial charge in [0.25, 0.3) is 0 Å². The number of halogens is 4. The summed E-state index contributed by atoms with van der Waals surface area (Å²) in [5, 5.41) is 2.82. The third-order valence-corrected chi connectivity index (χ3v) is 3.13. The second-order valence-corrected chi connectivity index (χ2v) is 4.53. The molecule has 0 atom stereocenters. The molecule has 1 heterocycles. The summed E-state index contributed by atoms with van der Waals surface area (Å²) in [7, 11) is 1.83. The largest absolute Gasteiger partial charge is 0.418 e. The van der Waals surface area contributed by atoms with E-state index in [1.165, 1.54) is 12.1 Å². The van der Waals surface area contributed by atoms with Crippen LogP contribution >= 0.6 is 11.6 Å². The summed E-state index contributed by atoms with van der Waals surface area (Å²) in [6.45, 7) is 0.274. The Hall–Kier alpha value is -1.62. The van der Waals surface area contributed by atoms with E-state index >= 15 is 0 Å². The number of aromatic nitrogens is 1. The van der Waals surface area contributed by atoms with Crippen LogP contribution in [0.5, 0.6) is 0 Å². The molecule has 0 aliphatic carbocycles. The van der Waals surface area contributed by atoms with E-state index in [1.54, 1.807) is 0 Å². The highest BCUT2D eigenvalue weighted by atomic mass is 35.5. The molecule has 102 valence electrons. The van der Waals surface area contributed by atoms with Crippen molar-refractivity contribution in [3.05, 3.63) is 52.8 Å². The Morgan fingerprint density at radius 2 is 1.95 bits per heavy atom. The number of nitrogens with zero attached hydrogens (tertiary/aromatic N) is 1. The maximum Gasteiger partial charge on any atom is 0.418 e. The first-order valence-electron chi connectivity index (χ1n) is 5.59. The van der Waals surface area contributed by atoms with Crippen molar-refractivity contribution >= 4 is 17.3 Å². The van der Waals surface area contributed by atoms with E-state index in [-0.39, 0.29) is 17.3 Å². The molecule has 19 heavy (non-hydrogen) atoms. The molecule has 2 rings (SSSR count). The Bertz CT molecular complexity index is 576. The van der Waals surface area contributed by atoms with Crippen LogP contribution in [0.3, 0.4) is 0 Å². The number of alkyl halides is 3. The highest BCUT2D eigenvalue weighted by molar-refractivity contribution is 6.33. The fourth-order valence-corrected chi connectivity index (χ4v) is 2.04. The Kier molecular flexibility index (Phi) is 3.75. The van der Waals surface area contributed by atoms with Gasteiger partial charge in [-0.25, -0.2) is 0 Å². The Balaban J connectivity index is 2.27. The van der Waals surface area contributed by atoms with Gasteiger partial charge in [-0.1, -0.05) is 17.7 Å². The maximum absolute atomic E-state index is 12.9. The lowest BCUT2D eigenvalue weighted by atomic mass is 10.1. The molecule has 1 aromatic carbocycles. The van der Waals surface area contributed by atoms with Gasteiger partial charge >= 0.3 is 6.18 Å². The molecule has 1 aromatic heterocycles. The summed E-state index contributed by atoms with van der Waals surface area (Å²) in [6, 6.07) is 7.40. The zero-order valence-corrected chi connectivity index (χ0v) is 10.9. The number of hydrogen-bond acceptors (Lipinski definition) is 1. The Morgan fingerprint density at radius 3 is 2.53 bits per heavy atom. The number of para-hydroxylation sites is 1. The van der Waals surface area contributed by atoms with Crippen LogP contribution in [0.1, 0.15) is 11.3 Å². The van der Waals surface area contributed by atoms with Gasteiger partial charge in [-0.3, -0.25) is 0 Å². The lowest BCUT2D eigenvalue weighted by Gasteiger charge is -2.16. The van der Waals surface area contributed by atoms with Crippen LogP contribution in [0.25, 0.3) is 0 Å². The van der Waals surface area contributed by atoms with Gasteiger partial charge in [0.2, 0.25) is 0 Å². The van der Waals surface area contributed by atoms with Crippen molar-refractivity contribution in [2.45, 2.75) is 12.7 Å². The van der Waals surface area contributed by atoms with Crippen molar-refractivity contribution in [3.8, 4) is 0 Å². The summed E-state index contributed by atoms with van der Waals surface area (Å²) >= 11 is 5.85. The fraction of sp³-hybridized carbons (Fsp3) is 0.231. The van der Waals surface area contributed by atoms with Crippen LogP contribution in [0, 0.1) is 0 Å². The van der Waals surface area contributed by atoms with Crippen molar-refractivity contribution in [2.24, 2.45) is 7.05 Å². The van der Waals surface area contributed by atoms with Crippen LogP contribution in [0.15, 0.2) is 36.5 Å². The quantitative estimate of drug-likeness (QED) is 0.890. The van der Waals surface area contributed by atoms with Crippen molar-refractivity contribution < 1.29 is 13.2 Å². The highest BCUT2D eigenvalue weighted by Gasteiger charge is 2.34. The monoisotopic (exact) mass is 288 g/mol. The zero-order valence-electron chi connectivity index (χ0n) is 10.1. The predicted molar refractivity (Wildman–Crippen MR) is 69.2 cm³/mol. The summed E-state index contributed by atoms with van der Waals surface area (Å²) in [6.07, 6.45) is -2.60. The number of rotatable bonds is 3. The molecule has 0 unspecified atom stereocenters. The van der Waals surface area contributed by atoms with Gasteiger partial charge in [0.15, 0.2) is 0 Å². The van der Waals surface area contributed by atoms with E-state index in [2.05, 4.69) is 5.32 Å². The Labute approximate surface area is 113 Å². The highest BCUT2D eigenvalue weighted by Crippen LogP contribution is 2.38. The van der Waals surface area contributed by atoms with Crippen molar-refractivity contribution in [1.29, 1.82) is 0 Å². The molecule has 0 aliphatic rings. The van der Waals surface area contributed by atoms with E-state index < -0.39 is 11.7 Å². The van der Waals surface area contributed by atoms with E-state index in [4.69, 9.17) is 11.6 Å². The third-order valence-electron chi connectivity index (χ3n) is 2.82. The van der Waals surface area contributed by atoms with Crippen LogP contribution in [0.4, 0.5) is 18.9 Å². The van der Waals surface area contributed by atoms with Gasteiger partial charge in [0.05, 0.1) is 22.8 Å². The van der Waals surface area contributed by atoms with E-state index in [9.17, 15) is 13.2 Å². The summed E-state index contributed by atoms with van der Waals surface area (Å²) in [5.41, 5.74) is 0.0279. The lowest BCUT2D eigenvalue weighted by Crippen LogP contribution is -2.12. The molecular formula is C13H12ClF3N2. The summed E-state index contributed by atoms with van der Waals surface area (Å²) in [4.78, 5) is 0. The predicted octanol–water partition coefficient (Wildman–Crippen LogP) is 4.31. The van der Waals surface area contributed by atoms with E-state index in [0.717, 1.165) is 11.8 Å². The minimum atomic E-state index is -4.43. The molecule has 0 saturated heterocycles. The van der Waals surface area contributed by atoms with Gasteiger partial charge in [0.1, 0.15) is 0 Å². The van der Waals surface area contributed by atoms with Crippen LogP contribution < -0.4 is 5.32 Å². The Morgan fingerprint density at radius 1 is 1.21 bits per heavy atom. The average Bonchev–Trinajstić information content (AvgIpc) is 2.72. The van der Waals surface area contributed by atoms with Crippen LogP contribution in [-0.4, -0.2) is 4.57 Å². The average molecular weight is 289 g/mol. The van der Waals surface area contributed by atoms with E-state index in [1.807, 2.05) is 29.9 Å². The first kappa shape index (κ1) is 13.8. The molecule has 0 amide bonds. The minimum absolute atomic E-state index is 0.0593. The van der Waals surface area contributed by atoms with Crippen LogP contribution in [0.2, 0.25) is 5.02 Å². The van der Waals surface area contributed by atoms with Gasteiger partial charge in [-0.05, 0) is 24.3 Å². The molecule has 6 heteroatoms. The smallest absolute Gasteiger partial charge is 0.378 e. The molecule has 1 N–H and O–H groups in total. The number of benzene rings is 1.